The Morgan fingerprint density at radius 1 is 1.36 bits per heavy atom. The van der Waals surface area contributed by atoms with Crippen molar-refractivity contribution in [2.45, 2.75) is 78.9 Å². The van der Waals surface area contributed by atoms with E-state index in [1.165, 1.54) is 11.6 Å². The van der Waals surface area contributed by atoms with Gasteiger partial charge in [-0.3, -0.25) is 0 Å². The molecule has 0 aromatic carbocycles. The Bertz CT molecular complexity index is 620. The second kappa shape index (κ2) is 9.10. The van der Waals surface area contributed by atoms with Gasteiger partial charge in [0.1, 0.15) is 6.10 Å². The summed E-state index contributed by atoms with van der Waals surface area (Å²) in [7, 11) is 0. The molecule has 0 aliphatic heterocycles. The maximum Gasteiger partial charge on any atom is 0.331 e. The monoisotopic (exact) mass is 394 g/mol. The van der Waals surface area contributed by atoms with E-state index in [-0.39, 0.29) is 22.9 Å². The van der Waals surface area contributed by atoms with Crippen LogP contribution in [0.3, 0.4) is 0 Å². The summed E-state index contributed by atoms with van der Waals surface area (Å²) in [6, 6.07) is 0. The molecule has 0 aromatic heterocycles. The highest BCUT2D eigenvalue weighted by Crippen LogP contribution is 2.61. The molecule has 0 heterocycles. The van der Waals surface area contributed by atoms with Gasteiger partial charge >= 0.3 is 5.97 Å². The molecule has 5 atom stereocenters. The molecule has 0 radical (unpaired) electrons. The summed E-state index contributed by atoms with van der Waals surface area (Å²) >= 11 is 0. The highest BCUT2D eigenvalue weighted by atomic mass is 16.6. The average Bonchev–Trinajstić information content (AvgIpc) is 2.64. The Labute approximate surface area is 169 Å². The Morgan fingerprint density at radius 2 is 2.00 bits per heavy atom. The fourth-order valence-corrected chi connectivity index (χ4v) is 5.49. The molecule has 2 aliphatic carbocycles. The van der Waals surface area contributed by atoms with E-state index in [2.05, 4.69) is 33.8 Å². The van der Waals surface area contributed by atoms with Gasteiger partial charge in [0.05, 0.1) is 19.3 Å². The van der Waals surface area contributed by atoms with Crippen LogP contribution in [-0.2, 0) is 9.53 Å². The van der Waals surface area contributed by atoms with Crippen LogP contribution in [0.4, 0.5) is 0 Å². The number of aliphatic hydroxyl groups is 3. The average molecular weight is 395 g/mol. The van der Waals surface area contributed by atoms with Crippen molar-refractivity contribution in [1.29, 1.82) is 0 Å². The maximum absolute atomic E-state index is 12.0. The Balaban J connectivity index is 2.13. The molecule has 0 amide bonds. The second-order valence-electron chi connectivity index (χ2n) is 9.42. The van der Waals surface area contributed by atoms with Crippen LogP contribution in [0.25, 0.3) is 0 Å². The van der Waals surface area contributed by atoms with E-state index in [1.54, 1.807) is 0 Å². The van der Waals surface area contributed by atoms with Crippen LogP contribution >= 0.6 is 0 Å². The SMILES string of the molecule is CC(=CC(=O)OC(CO)CO)CCC1(C)C(C)C(O)CC2(C)C(C)=CCCC21. The molecule has 0 bridgehead atoms. The second-order valence-corrected chi connectivity index (χ2v) is 9.42. The zero-order valence-electron chi connectivity index (χ0n) is 18.1. The van der Waals surface area contributed by atoms with E-state index in [9.17, 15) is 9.90 Å². The lowest BCUT2D eigenvalue weighted by Gasteiger charge is -2.59. The highest BCUT2D eigenvalue weighted by molar-refractivity contribution is 5.82. The molecule has 0 saturated heterocycles. The topological polar surface area (TPSA) is 87.0 Å². The number of rotatable bonds is 7. The van der Waals surface area contributed by atoms with E-state index in [0.717, 1.165) is 37.7 Å². The van der Waals surface area contributed by atoms with Gasteiger partial charge < -0.3 is 20.1 Å². The lowest BCUT2D eigenvalue weighted by Crippen LogP contribution is -2.55. The fourth-order valence-electron chi connectivity index (χ4n) is 5.49. The van der Waals surface area contributed by atoms with Crippen LogP contribution in [-0.4, -0.2) is 46.7 Å². The van der Waals surface area contributed by atoms with E-state index in [1.807, 2.05) is 6.92 Å². The number of carbonyl (C=O) groups is 1. The van der Waals surface area contributed by atoms with Crippen molar-refractivity contribution >= 4 is 5.97 Å². The molecule has 5 heteroatoms. The summed E-state index contributed by atoms with van der Waals surface area (Å²) in [5, 5.41) is 28.9. The van der Waals surface area contributed by atoms with Gasteiger partial charge in [-0.25, -0.2) is 4.79 Å². The largest absolute Gasteiger partial charge is 0.454 e. The van der Waals surface area contributed by atoms with Gasteiger partial charge in [0.15, 0.2) is 0 Å². The van der Waals surface area contributed by atoms with Gasteiger partial charge in [-0.15, -0.1) is 0 Å². The lowest BCUT2D eigenvalue weighted by atomic mass is 9.46. The molecule has 1 saturated carbocycles. The smallest absolute Gasteiger partial charge is 0.331 e. The van der Waals surface area contributed by atoms with Gasteiger partial charge in [0.2, 0.25) is 0 Å². The standard InChI is InChI=1S/C23H38O5/c1-15(11-21(27)28-18(13-24)14-25)9-10-22(4)17(3)19(26)12-23(5)16(2)7-6-8-20(22)23/h7,11,17-20,24-26H,6,8-10,12-14H2,1-5H3. The number of hydrogen-bond acceptors (Lipinski definition) is 5. The third-order valence-corrected chi connectivity index (χ3v) is 7.73. The Morgan fingerprint density at radius 3 is 2.61 bits per heavy atom. The molecule has 5 nitrogen and oxygen atoms in total. The molecule has 3 N–H and O–H groups in total. The number of ether oxygens (including phenoxy) is 1. The highest BCUT2D eigenvalue weighted by Gasteiger charge is 2.55. The molecular formula is C23H38O5. The molecule has 160 valence electrons. The zero-order valence-corrected chi connectivity index (χ0v) is 18.1. The maximum atomic E-state index is 12.0. The first-order valence-electron chi connectivity index (χ1n) is 10.5. The van der Waals surface area contributed by atoms with E-state index in [4.69, 9.17) is 14.9 Å². The summed E-state index contributed by atoms with van der Waals surface area (Å²) < 4.78 is 5.03. The quantitative estimate of drug-likeness (QED) is 0.350. The summed E-state index contributed by atoms with van der Waals surface area (Å²) in [5.74, 6) is 0.175. The van der Waals surface area contributed by atoms with Crippen molar-refractivity contribution in [3.05, 3.63) is 23.3 Å². The number of fused-ring (bicyclic) bond motifs is 1. The van der Waals surface area contributed by atoms with Gasteiger partial charge in [-0.05, 0) is 68.6 Å². The Kier molecular flexibility index (Phi) is 7.51. The lowest BCUT2D eigenvalue weighted by molar-refractivity contribution is -0.147. The van der Waals surface area contributed by atoms with Crippen molar-refractivity contribution in [3.8, 4) is 0 Å². The van der Waals surface area contributed by atoms with Crippen molar-refractivity contribution in [3.63, 3.8) is 0 Å². The van der Waals surface area contributed by atoms with Gasteiger partial charge in [0.25, 0.3) is 0 Å². The first kappa shape index (κ1) is 23.1. The van der Waals surface area contributed by atoms with Gasteiger partial charge in [-0.2, -0.15) is 0 Å². The van der Waals surface area contributed by atoms with Crippen molar-refractivity contribution in [2.75, 3.05) is 13.2 Å². The number of hydrogen-bond donors (Lipinski definition) is 3. The van der Waals surface area contributed by atoms with E-state index >= 15 is 0 Å². The van der Waals surface area contributed by atoms with Crippen LogP contribution in [0.1, 0.15) is 66.7 Å². The summed E-state index contributed by atoms with van der Waals surface area (Å²) in [5.41, 5.74) is 2.33. The predicted molar refractivity (Wildman–Crippen MR) is 110 cm³/mol. The van der Waals surface area contributed by atoms with Crippen LogP contribution < -0.4 is 0 Å². The van der Waals surface area contributed by atoms with Gasteiger partial charge in [-0.1, -0.05) is 38.0 Å². The van der Waals surface area contributed by atoms with E-state index in [0.29, 0.717) is 5.92 Å². The van der Waals surface area contributed by atoms with Crippen LogP contribution in [0.5, 0.6) is 0 Å². The minimum Gasteiger partial charge on any atom is -0.454 e. The van der Waals surface area contributed by atoms with Crippen LogP contribution in [0.15, 0.2) is 23.3 Å². The molecule has 0 spiro atoms. The van der Waals surface area contributed by atoms with Crippen molar-refractivity contribution in [2.24, 2.45) is 22.7 Å². The molecule has 1 fully saturated rings. The molecule has 5 unspecified atom stereocenters. The normalized spacial score (nSPS) is 36.1. The van der Waals surface area contributed by atoms with Crippen molar-refractivity contribution < 1.29 is 24.9 Å². The Hall–Kier alpha value is -1.17. The predicted octanol–water partition coefficient (Wildman–Crippen LogP) is 3.38. The third kappa shape index (κ3) is 4.52. The third-order valence-electron chi connectivity index (χ3n) is 7.73. The minimum atomic E-state index is -0.875. The molecule has 28 heavy (non-hydrogen) atoms. The van der Waals surface area contributed by atoms with Gasteiger partial charge in [0, 0.05) is 6.08 Å². The van der Waals surface area contributed by atoms with Crippen LogP contribution in [0, 0.1) is 22.7 Å². The van der Waals surface area contributed by atoms with E-state index < -0.39 is 25.3 Å². The molecular weight excluding hydrogens is 356 g/mol. The number of aliphatic hydroxyl groups excluding tert-OH is 3. The zero-order chi connectivity index (χ0) is 21.1. The number of allylic oxidation sites excluding steroid dienone is 3. The molecule has 0 aromatic rings. The minimum absolute atomic E-state index is 0.0142. The number of esters is 1. The summed E-state index contributed by atoms with van der Waals surface area (Å²) in [6.07, 6.45) is 7.30. The van der Waals surface area contributed by atoms with Crippen molar-refractivity contribution in [1.82, 2.24) is 0 Å². The first-order valence-corrected chi connectivity index (χ1v) is 10.5. The molecule has 2 aliphatic rings. The molecule has 2 rings (SSSR count). The van der Waals surface area contributed by atoms with Crippen LogP contribution in [0.2, 0.25) is 0 Å². The first-order chi connectivity index (χ1) is 13.1. The number of carbonyl (C=O) groups excluding carboxylic acids is 1. The summed E-state index contributed by atoms with van der Waals surface area (Å²) in [6.45, 7) is 10.1. The summed E-state index contributed by atoms with van der Waals surface area (Å²) in [4.78, 5) is 12.0. The fraction of sp³-hybridized carbons (Fsp3) is 0.783.